The van der Waals surface area contributed by atoms with Gasteiger partial charge in [0.15, 0.2) is 0 Å². The van der Waals surface area contributed by atoms with Crippen molar-refractivity contribution in [3.05, 3.63) is 47.8 Å². The van der Waals surface area contributed by atoms with Crippen LogP contribution < -0.4 is 15.4 Å². The maximum absolute atomic E-state index is 13.4. The van der Waals surface area contributed by atoms with Gasteiger partial charge in [0.05, 0.1) is 11.4 Å². The Bertz CT molecular complexity index is 722. The van der Waals surface area contributed by atoms with Crippen LogP contribution in [0.3, 0.4) is 0 Å². The number of halogens is 3. The summed E-state index contributed by atoms with van der Waals surface area (Å²) in [5, 5.41) is 5.83. The van der Waals surface area contributed by atoms with Crippen LogP contribution in [0.2, 0.25) is 0 Å². The van der Waals surface area contributed by atoms with Crippen LogP contribution in [0.25, 0.3) is 6.08 Å². The molecule has 8 heteroatoms. The molecule has 0 unspecified atom stereocenters. The number of hydrogen-bond donors (Lipinski definition) is 2. The summed E-state index contributed by atoms with van der Waals surface area (Å²) in [4.78, 5) is 8.27. The van der Waals surface area contributed by atoms with Crippen LogP contribution in [0, 0.1) is 12.7 Å². The monoisotopic (exact) mass is 338 g/mol. The van der Waals surface area contributed by atoms with Gasteiger partial charge in [0.1, 0.15) is 30.3 Å². The first-order valence-electron chi connectivity index (χ1n) is 7.14. The molecule has 0 saturated heterocycles. The Kier molecular flexibility index (Phi) is 6.00. The first-order chi connectivity index (χ1) is 11.5. The number of benzene rings is 1. The second-order valence-electron chi connectivity index (χ2n) is 4.82. The molecule has 0 saturated carbocycles. The van der Waals surface area contributed by atoms with E-state index in [2.05, 4.69) is 20.6 Å². The number of ether oxygens (including phenoxy) is 1. The number of hydrogen-bond acceptors (Lipinski definition) is 5. The molecular weight excluding hydrogens is 321 g/mol. The van der Waals surface area contributed by atoms with Gasteiger partial charge in [0.25, 0.3) is 6.43 Å². The van der Waals surface area contributed by atoms with Crippen LogP contribution in [0.1, 0.15) is 11.3 Å². The highest BCUT2D eigenvalue weighted by atomic mass is 19.3. The van der Waals surface area contributed by atoms with Gasteiger partial charge in [-0.1, -0.05) is 0 Å². The molecule has 0 amide bonds. The Hall–Kier alpha value is -2.77. The highest BCUT2D eigenvalue weighted by Crippen LogP contribution is 2.30. The zero-order chi connectivity index (χ0) is 17.5. The minimum absolute atomic E-state index is 0.0133. The Labute approximate surface area is 137 Å². The van der Waals surface area contributed by atoms with E-state index < -0.39 is 18.8 Å². The Morgan fingerprint density at radius 3 is 2.79 bits per heavy atom. The third-order valence-corrected chi connectivity index (χ3v) is 3.09. The van der Waals surface area contributed by atoms with E-state index in [0.717, 1.165) is 11.6 Å². The average Bonchev–Trinajstić information content (AvgIpc) is 2.55. The summed E-state index contributed by atoms with van der Waals surface area (Å²) in [5.41, 5.74) is 1.76. The molecule has 0 radical (unpaired) electrons. The van der Waals surface area contributed by atoms with Crippen molar-refractivity contribution < 1.29 is 17.9 Å². The molecule has 2 rings (SSSR count). The van der Waals surface area contributed by atoms with E-state index in [0.29, 0.717) is 17.2 Å². The molecule has 0 bridgehead atoms. The zero-order valence-electron chi connectivity index (χ0n) is 13.2. The topological polar surface area (TPSA) is 59.1 Å². The van der Waals surface area contributed by atoms with Crippen LogP contribution in [0.4, 0.5) is 24.7 Å². The molecular formula is C16H17F3N4O. The molecule has 0 aliphatic heterocycles. The van der Waals surface area contributed by atoms with Gasteiger partial charge in [-0.15, -0.1) is 0 Å². The standard InChI is InChI=1S/C16H17F3N4O/c1-10-12(5-6-20-2)21-9-22-16(10)23-13-4-3-11(17)7-14(13)24-8-15(18)19/h3-7,9,15,20H,8H2,1-2H3,(H,21,22,23)/b6-5-. The molecule has 0 aliphatic rings. The van der Waals surface area contributed by atoms with Crippen LogP contribution in [-0.4, -0.2) is 30.0 Å². The van der Waals surface area contributed by atoms with Gasteiger partial charge in [0, 0.05) is 18.7 Å². The lowest BCUT2D eigenvalue weighted by Gasteiger charge is -2.14. The van der Waals surface area contributed by atoms with Gasteiger partial charge in [-0.2, -0.15) is 0 Å². The molecule has 1 aromatic heterocycles. The van der Waals surface area contributed by atoms with E-state index in [1.807, 2.05) is 0 Å². The second-order valence-corrected chi connectivity index (χ2v) is 4.82. The Morgan fingerprint density at radius 1 is 1.29 bits per heavy atom. The normalized spacial score (nSPS) is 11.1. The van der Waals surface area contributed by atoms with Gasteiger partial charge in [-0.05, 0) is 31.3 Å². The smallest absolute Gasteiger partial charge is 0.272 e. The molecule has 0 fully saturated rings. The fraction of sp³-hybridized carbons (Fsp3) is 0.250. The van der Waals surface area contributed by atoms with E-state index in [4.69, 9.17) is 4.74 Å². The molecule has 24 heavy (non-hydrogen) atoms. The highest BCUT2D eigenvalue weighted by molar-refractivity contribution is 5.68. The van der Waals surface area contributed by atoms with Crippen molar-refractivity contribution in [2.45, 2.75) is 13.3 Å². The first kappa shape index (κ1) is 17.6. The van der Waals surface area contributed by atoms with Gasteiger partial charge in [-0.25, -0.2) is 23.1 Å². The minimum Gasteiger partial charge on any atom is -0.485 e. The summed E-state index contributed by atoms with van der Waals surface area (Å²) in [5.74, 6) is -0.128. The third-order valence-electron chi connectivity index (χ3n) is 3.09. The van der Waals surface area contributed by atoms with Gasteiger partial charge in [0.2, 0.25) is 0 Å². The lowest BCUT2D eigenvalue weighted by atomic mass is 10.2. The quantitative estimate of drug-likeness (QED) is 0.809. The Balaban J connectivity index is 2.29. The maximum Gasteiger partial charge on any atom is 0.272 e. The second kappa shape index (κ2) is 8.19. The summed E-state index contributed by atoms with van der Waals surface area (Å²) in [7, 11) is 1.76. The zero-order valence-corrected chi connectivity index (χ0v) is 13.2. The molecule has 1 aromatic carbocycles. The molecule has 0 atom stereocenters. The van der Waals surface area contributed by atoms with Gasteiger partial charge >= 0.3 is 0 Å². The number of rotatable bonds is 7. The number of anilines is 2. The van der Waals surface area contributed by atoms with E-state index in [-0.39, 0.29) is 5.75 Å². The van der Waals surface area contributed by atoms with Crippen molar-refractivity contribution in [2.75, 3.05) is 19.0 Å². The Morgan fingerprint density at radius 2 is 2.08 bits per heavy atom. The van der Waals surface area contributed by atoms with Gasteiger partial charge < -0.3 is 15.4 Å². The number of alkyl halides is 2. The lowest BCUT2D eigenvalue weighted by molar-refractivity contribution is 0.0821. The molecule has 128 valence electrons. The van der Waals surface area contributed by atoms with E-state index in [9.17, 15) is 13.2 Å². The molecule has 0 aliphatic carbocycles. The number of nitrogens with one attached hydrogen (secondary N) is 2. The van der Waals surface area contributed by atoms with Gasteiger partial charge in [-0.3, -0.25) is 0 Å². The summed E-state index contributed by atoms with van der Waals surface area (Å²) in [6, 6.07) is 3.65. The largest absolute Gasteiger partial charge is 0.485 e. The van der Waals surface area contributed by atoms with Crippen molar-refractivity contribution in [1.29, 1.82) is 0 Å². The SMILES string of the molecule is CN/C=C\c1ncnc(Nc2ccc(F)cc2OCC(F)F)c1C. The molecule has 0 spiro atoms. The van der Waals surface area contributed by atoms with Crippen LogP contribution in [0.5, 0.6) is 5.75 Å². The molecule has 1 heterocycles. The first-order valence-corrected chi connectivity index (χ1v) is 7.14. The minimum atomic E-state index is -2.65. The summed E-state index contributed by atoms with van der Waals surface area (Å²) in [6.45, 7) is 0.984. The van der Waals surface area contributed by atoms with Crippen molar-refractivity contribution >= 4 is 17.6 Å². The number of nitrogens with zero attached hydrogens (tertiary/aromatic N) is 2. The highest BCUT2D eigenvalue weighted by Gasteiger charge is 2.12. The van der Waals surface area contributed by atoms with E-state index >= 15 is 0 Å². The predicted octanol–water partition coefficient (Wildman–Crippen LogP) is 3.50. The van der Waals surface area contributed by atoms with Crippen molar-refractivity contribution in [3.63, 3.8) is 0 Å². The summed E-state index contributed by atoms with van der Waals surface area (Å²) < 4.78 is 43.0. The molecule has 5 nitrogen and oxygen atoms in total. The van der Waals surface area contributed by atoms with Crippen molar-refractivity contribution in [3.8, 4) is 5.75 Å². The molecule has 2 N–H and O–H groups in total. The van der Waals surface area contributed by atoms with Crippen molar-refractivity contribution in [2.24, 2.45) is 0 Å². The predicted molar refractivity (Wildman–Crippen MR) is 86.0 cm³/mol. The lowest BCUT2D eigenvalue weighted by Crippen LogP contribution is -2.09. The fourth-order valence-corrected chi connectivity index (χ4v) is 1.92. The molecule has 2 aromatic rings. The third kappa shape index (κ3) is 4.61. The fourth-order valence-electron chi connectivity index (χ4n) is 1.92. The maximum atomic E-state index is 13.4. The number of aromatic nitrogens is 2. The van der Waals surface area contributed by atoms with Crippen LogP contribution >= 0.6 is 0 Å². The summed E-state index contributed by atoms with van der Waals surface area (Å²) >= 11 is 0. The van der Waals surface area contributed by atoms with Crippen LogP contribution in [-0.2, 0) is 0 Å². The summed E-state index contributed by atoms with van der Waals surface area (Å²) in [6.07, 6.45) is 2.20. The van der Waals surface area contributed by atoms with Crippen molar-refractivity contribution in [1.82, 2.24) is 15.3 Å². The average molecular weight is 338 g/mol. The van der Waals surface area contributed by atoms with Crippen LogP contribution in [0.15, 0.2) is 30.7 Å². The van der Waals surface area contributed by atoms with E-state index in [1.54, 1.807) is 26.2 Å². The van der Waals surface area contributed by atoms with E-state index in [1.165, 1.54) is 18.5 Å².